The van der Waals surface area contributed by atoms with Gasteiger partial charge in [0.2, 0.25) is 5.91 Å². The third kappa shape index (κ3) is 6.16. The van der Waals surface area contributed by atoms with Gasteiger partial charge in [-0.2, -0.15) is 8.78 Å². The molecule has 164 valence electrons. The number of rotatable bonds is 8. The fourth-order valence-electron chi connectivity index (χ4n) is 2.76. The molecule has 0 saturated carbocycles. The molecule has 31 heavy (non-hydrogen) atoms. The lowest BCUT2D eigenvalue weighted by Gasteiger charge is -2.14. The van der Waals surface area contributed by atoms with E-state index in [1.807, 2.05) is 0 Å². The first kappa shape index (κ1) is 23.0. The molecule has 3 rings (SSSR count). The number of aromatic nitrogens is 2. The van der Waals surface area contributed by atoms with Gasteiger partial charge in [0, 0.05) is 10.7 Å². The van der Waals surface area contributed by atoms with Gasteiger partial charge in [0.25, 0.3) is 5.56 Å². The number of nitrogens with one attached hydrogen (secondary N) is 1. The van der Waals surface area contributed by atoms with E-state index in [1.54, 1.807) is 25.1 Å². The van der Waals surface area contributed by atoms with E-state index in [1.165, 1.54) is 28.8 Å². The number of carbonyl (C=O) groups excluding carboxylic acids is 1. The molecule has 1 amide bonds. The van der Waals surface area contributed by atoms with Gasteiger partial charge in [-0.1, -0.05) is 23.4 Å². The molecule has 11 heteroatoms. The summed E-state index contributed by atoms with van der Waals surface area (Å²) in [5.41, 5.74) is 0.434. The average Bonchev–Trinajstić information content (AvgIpc) is 2.69. The van der Waals surface area contributed by atoms with Crippen LogP contribution in [-0.4, -0.2) is 39.0 Å². The molecular formula is C20H18ClF2N3O4S. The SMILES string of the molecule is C[C@H](O)Cn1c(SCC(=O)Nc2ccc(OC(F)F)cc2)nc2cc(Cl)ccc2c1=O. The molecule has 2 N–H and O–H groups in total. The Kier molecular flexibility index (Phi) is 7.47. The summed E-state index contributed by atoms with van der Waals surface area (Å²) in [5, 5.41) is 13.4. The van der Waals surface area contributed by atoms with Crippen LogP contribution in [0.15, 0.2) is 52.4 Å². The highest BCUT2D eigenvalue weighted by molar-refractivity contribution is 7.99. The normalized spacial score (nSPS) is 12.2. The van der Waals surface area contributed by atoms with Crippen LogP contribution in [0.2, 0.25) is 5.02 Å². The number of hydrogen-bond donors (Lipinski definition) is 2. The number of thioether (sulfide) groups is 1. The third-order valence-electron chi connectivity index (χ3n) is 4.02. The maximum absolute atomic E-state index is 12.8. The van der Waals surface area contributed by atoms with E-state index in [-0.39, 0.29) is 28.8 Å². The Balaban J connectivity index is 1.76. The molecule has 1 aromatic heterocycles. The number of halogens is 3. The molecule has 0 aliphatic heterocycles. The molecule has 0 aliphatic rings. The first-order valence-electron chi connectivity index (χ1n) is 9.08. The summed E-state index contributed by atoms with van der Waals surface area (Å²) in [6.45, 7) is -1.37. The lowest BCUT2D eigenvalue weighted by Crippen LogP contribution is -2.28. The van der Waals surface area contributed by atoms with Gasteiger partial charge in [-0.25, -0.2) is 4.98 Å². The predicted octanol–water partition coefficient (Wildman–Crippen LogP) is 3.76. The molecule has 3 aromatic rings. The molecule has 0 saturated heterocycles. The Morgan fingerprint density at radius 1 is 1.29 bits per heavy atom. The zero-order chi connectivity index (χ0) is 22.5. The van der Waals surface area contributed by atoms with Crippen molar-refractivity contribution in [3.8, 4) is 5.75 Å². The number of ether oxygens (including phenoxy) is 1. The smallest absolute Gasteiger partial charge is 0.387 e. The Bertz CT molecular complexity index is 1140. The average molecular weight is 470 g/mol. The van der Waals surface area contributed by atoms with Crippen LogP contribution in [0.25, 0.3) is 10.9 Å². The summed E-state index contributed by atoms with van der Waals surface area (Å²) in [5.74, 6) is -0.492. The van der Waals surface area contributed by atoms with Crippen molar-refractivity contribution in [2.45, 2.75) is 31.3 Å². The lowest BCUT2D eigenvalue weighted by molar-refractivity contribution is -0.113. The molecule has 7 nitrogen and oxygen atoms in total. The molecule has 1 heterocycles. The van der Waals surface area contributed by atoms with Crippen molar-refractivity contribution in [1.82, 2.24) is 9.55 Å². The lowest BCUT2D eigenvalue weighted by atomic mass is 10.2. The Morgan fingerprint density at radius 3 is 2.65 bits per heavy atom. The van der Waals surface area contributed by atoms with Gasteiger partial charge in [0.05, 0.1) is 29.3 Å². The number of aliphatic hydroxyl groups excluding tert-OH is 1. The van der Waals surface area contributed by atoms with E-state index in [9.17, 15) is 23.5 Å². The Labute approximate surface area is 185 Å². The molecule has 0 fully saturated rings. The number of aliphatic hydroxyl groups is 1. The summed E-state index contributed by atoms with van der Waals surface area (Å²) >= 11 is 7.02. The molecule has 0 aliphatic carbocycles. The molecule has 0 radical (unpaired) electrons. The zero-order valence-electron chi connectivity index (χ0n) is 16.2. The second kappa shape index (κ2) is 10.1. The number of nitrogens with zero attached hydrogens (tertiary/aromatic N) is 2. The second-order valence-electron chi connectivity index (χ2n) is 6.56. The van der Waals surface area contributed by atoms with E-state index in [4.69, 9.17) is 11.6 Å². The number of carbonyl (C=O) groups is 1. The Hall–Kier alpha value is -2.69. The Morgan fingerprint density at radius 2 is 2.00 bits per heavy atom. The summed E-state index contributed by atoms with van der Waals surface area (Å²) in [7, 11) is 0. The van der Waals surface area contributed by atoms with Crippen LogP contribution in [0.3, 0.4) is 0 Å². The van der Waals surface area contributed by atoms with Gasteiger partial charge in [-0.3, -0.25) is 14.2 Å². The number of alkyl halides is 2. The van der Waals surface area contributed by atoms with E-state index in [2.05, 4.69) is 15.0 Å². The van der Waals surface area contributed by atoms with Crippen LogP contribution < -0.4 is 15.6 Å². The summed E-state index contributed by atoms with van der Waals surface area (Å²) in [6, 6.07) is 10.2. The topological polar surface area (TPSA) is 93.5 Å². The van der Waals surface area contributed by atoms with Crippen molar-refractivity contribution in [1.29, 1.82) is 0 Å². The van der Waals surface area contributed by atoms with Crippen LogP contribution in [0.5, 0.6) is 5.75 Å². The van der Waals surface area contributed by atoms with Crippen molar-refractivity contribution in [2.75, 3.05) is 11.1 Å². The fourth-order valence-corrected chi connectivity index (χ4v) is 3.73. The van der Waals surface area contributed by atoms with Crippen molar-refractivity contribution in [3.63, 3.8) is 0 Å². The molecule has 0 spiro atoms. The first-order chi connectivity index (χ1) is 14.7. The maximum Gasteiger partial charge on any atom is 0.387 e. The van der Waals surface area contributed by atoms with E-state index in [0.717, 1.165) is 11.8 Å². The van der Waals surface area contributed by atoms with Gasteiger partial charge in [0.15, 0.2) is 5.16 Å². The van der Waals surface area contributed by atoms with Gasteiger partial charge >= 0.3 is 6.61 Å². The number of hydrogen-bond acceptors (Lipinski definition) is 6. The summed E-state index contributed by atoms with van der Waals surface area (Å²) in [4.78, 5) is 29.6. The minimum Gasteiger partial charge on any atom is -0.435 e. The standard InChI is InChI=1S/C20H18ClF2N3O4S/c1-11(27)9-26-18(29)15-7-2-12(21)8-16(15)25-20(26)31-10-17(28)24-13-3-5-14(6-4-13)30-19(22)23/h2-8,11,19,27H,9-10H2,1H3,(H,24,28)/t11-/m0/s1. The van der Waals surface area contributed by atoms with E-state index >= 15 is 0 Å². The van der Waals surface area contributed by atoms with Gasteiger partial charge in [-0.05, 0) is 49.4 Å². The van der Waals surface area contributed by atoms with Crippen LogP contribution in [0.4, 0.5) is 14.5 Å². The monoisotopic (exact) mass is 469 g/mol. The van der Waals surface area contributed by atoms with Crippen LogP contribution >= 0.6 is 23.4 Å². The van der Waals surface area contributed by atoms with Crippen LogP contribution in [-0.2, 0) is 11.3 Å². The zero-order valence-corrected chi connectivity index (χ0v) is 17.8. The third-order valence-corrected chi connectivity index (χ3v) is 5.24. The highest BCUT2D eigenvalue weighted by Crippen LogP contribution is 2.22. The largest absolute Gasteiger partial charge is 0.435 e. The van der Waals surface area contributed by atoms with Gasteiger partial charge in [-0.15, -0.1) is 0 Å². The van der Waals surface area contributed by atoms with Crippen molar-refractivity contribution < 1.29 is 23.4 Å². The minimum absolute atomic E-state index is 0.0138. The van der Waals surface area contributed by atoms with E-state index in [0.29, 0.717) is 21.6 Å². The van der Waals surface area contributed by atoms with Crippen molar-refractivity contribution in [3.05, 3.63) is 57.8 Å². The second-order valence-corrected chi connectivity index (χ2v) is 7.94. The number of anilines is 1. The molecule has 1 atom stereocenters. The van der Waals surface area contributed by atoms with Crippen molar-refractivity contribution >= 4 is 45.9 Å². The van der Waals surface area contributed by atoms with Crippen molar-refractivity contribution in [2.24, 2.45) is 0 Å². The molecular weight excluding hydrogens is 452 g/mol. The molecule has 0 bridgehead atoms. The highest BCUT2D eigenvalue weighted by Gasteiger charge is 2.15. The van der Waals surface area contributed by atoms with Gasteiger partial charge in [0.1, 0.15) is 5.75 Å². The maximum atomic E-state index is 12.8. The van der Waals surface area contributed by atoms with Crippen LogP contribution in [0, 0.1) is 0 Å². The number of benzene rings is 2. The summed E-state index contributed by atoms with van der Waals surface area (Å²) in [6.07, 6.45) is -0.800. The molecule has 0 unspecified atom stereocenters. The number of fused-ring (bicyclic) bond motifs is 1. The summed E-state index contributed by atoms with van der Waals surface area (Å²) < 4.78 is 30.0. The fraction of sp³-hybridized carbons (Fsp3) is 0.250. The first-order valence-corrected chi connectivity index (χ1v) is 10.4. The predicted molar refractivity (Wildman–Crippen MR) is 115 cm³/mol. The number of amides is 1. The quantitative estimate of drug-likeness (QED) is 0.385. The highest BCUT2D eigenvalue weighted by atomic mass is 35.5. The van der Waals surface area contributed by atoms with Crippen LogP contribution in [0.1, 0.15) is 6.92 Å². The molecule has 2 aromatic carbocycles. The minimum atomic E-state index is -2.93. The van der Waals surface area contributed by atoms with Gasteiger partial charge < -0.3 is 15.2 Å². The van der Waals surface area contributed by atoms with E-state index < -0.39 is 18.6 Å².